The second-order valence-electron chi connectivity index (χ2n) is 4.36. The van der Waals surface area contributed by atoms with E-state index in [0.717, 1.165) is 0 Å². The maximum Gasteiger partial charge on any atom is 0.205 e. The quantitative estimate of drug-likeness (QED) is 0.453. The second kappa shape index (κ2) is 11.0. The van der Waals surface area contributed by atoms with E-state index in [0.29, 0.717) is 54.3 Å². The highest BCUT2D eigenvalue weighted by atomic mass is 35.5. The molecule has 0 heterocycles. The van der Waals surface area contributed by atoms with Crippen LogP contribution in [0.3, 0.4) is 0 Å². The Bertz CT molecular complexity index is 504. The van der Waals surface area contributed by atoms with Crippen LogP contribution >= 0.6 is 11.6 Å². The smallest absolute Gasteiger partial charge is 0.205 e. The zero-order chi connectivity index (χ0) is 17.1. The van der Waals surface area contributed by atoms with E-state index in [2.05, 4.69) is 0 Å². The lowest BCUT2D eigenvalue weighted by atomic mass is 10.1. The van der Waals surface area contributed by atoms with Gasteiger partial charge < -0.3 is 28.4 Å². The average molecular weight is 347 g/mol. The van der Waals surface area contributed by atoms with Crippen LogP contribution in [-0.4, -0.2) is 54.9 Å². The largest absolute Gasteiger partial charge is 0.504 e. The third kappa shape index (κ3) is 5.82. The number of rotatable bonds is 11. The third-order valence-corrected chi connectivity index (χ3v) is 3.23. The van der Waals surface area contributed by atoms with Gasteiger partial charge in [-0.15, -0.1) is 0 Å². The van der Waals surface area contributed by atoms with Gasteiger partial charge in [0.1, 0.15) is 13.2 Å². The molecule has 0 radical (unpaired) electrons. The van der Waals surface area contributed by atoms with Crippen molar-refractivity contribution < 1.29 is 28.4 Å². The van der Waals surface area contributed by atoms with E-state index in [-0.39, 0.29) is 0 Å². The van der Waals surface area contributed by atoms with Crippen LogP contribution < -0.4 is 14.2 Å². The highest BCUT2D eigenvalue weighted by Crippen LogP contribution is 2.45. The molecular formula is C16H23ClO6. The summed E-state index contributed by atoms with van der Waals surface area (Å²) in [5.41, 5.74) is 0.692. The molecule has 7 heteroatoms. The Hall–Kier alpha value is -1.63. The number of hydrogen-bond donors (Lipinski definition) is 0. The van der Waals surface area contributed by atoms with E-state index in [9.17, 15) is 0 Å². The Kier molecular flexibility index (Phi) is 9.28. The molecule has 0 saturated heterocycles. The molecule has 0 N–H and O–H groups in total. The molecule has 0 amide bonds. The predicted octanol–water partition coefficient (Wildman–Crippen LogP) is 3.02. The fourth-order valence-corrected chi connectivity index (χ4v) is 2.04. The minimum atomic E-state index is 0.344. The summed E-state index contributed by atoms with van der Waals surface area (Å²) in [5.74, 6) is 1.34. The van der Waals surface area contributed by atoms with Crippen molar-refractivity contribution in [3.63, 3.8) is 0 Å². The second-order valence-corrected chi connectivity index (χ2v) is 4.74. The van der Waals surface area contributed by atoms with Crippen molar-refractivity contribution in [1.29, 1.82) is 0 Å². The summed E-state index contributed by atoms with van der Waals surface area (Å²) in [6.45, 7) is 1.60. The van der Waals surface area contributed by atoms with Gasteiger partial charge in [-0.3, -0.25) is 0 Å². The van der Waals surface area contributed by atoms with Gasteiger partial charge in [0, 0.05) is 19.8 Å². The normalized spacial score (nSPS) is 10.8. The molecule has 1 aromatic rings. The van der Waals surface area contributed by atoms with E-state index in [4.69, 9.17) is 40.0 Å². The van der Waals surface area contributed by atoms with Crippen LogP contribution in [0.2, 0.25) is 5.02 Å². The van der Waals surface area contributed by atoms with E-state index < -0.39 is 0 Å². The molecule has 23 heavy (non-hydrogen) atoms. The van der Waals surface area contributed by atoms with Crippen molar-refractivity contribution in [1.82, 2.24) is 0 Å². The first kappa shape index (κ1) is 19.4. The Balaban J connectivity index is 3.19. The van der Waals surface area contributed by atoms with Gasteiger partial charge in [-0.2, -0.15) is 0 Å². The maximum absolute atomic E-state index is 6.37. The van der Waals surface area contributed by atoms with Gasteiger partial charge in [0.15, 0.2) is 11.5 Å². The monoisotopic (exact) mass is 346 g/mol. The number of methoxy groups -OCH3 is 4. The van der Waals surface area contributed by atoms with Gasteiger partial charge in [0.2, 0.25) is 5.75 Å². The van der Waals surface area contributed by atoms with Gasteiger partial charge in [-0.05, 0) is 12.1 Å². The SMILES string of the molecule is COC=Cc1cc(OCCOC)c(OCCOC)c(OC)c1Cl. The maximum atomic E-state index is 6.37. The summed E-state index contributed by atoms with van der Waals surface area (Å²) in [4.78, 5) is 0. The number of hydrogen-bond acceptors (Lipinski definition) is 6. The third-order valence-electron chi connectivity index (χ3n) is 2.84. The Labute approximate surface area is 141 Å². The van der Waals surface area contributed by atoms with Gasteiger partial charge >= 0.3 is 0 Å². The molecule has 6 nitrogen and oxygen atoms in total. The molecular weight excluding hydrogens is 324 g/mol. The van der Waals surface area contributed by atoms with E-state index in [1.807, 2.05) is 0 Å². The fourth-order valence-electron chi connectivity index (χ4n) is 1.76. The summed E-state index contributed by atoms with van der Waals surface area (Å²) >= 11 is 6.37. The Morgan fingerprint density at radius 2 is 1.57 bits per heavy atom. The van der Waals surface area contributed by atoms with Gasteiger partial charge in [-0.1, -0.05) is 11.6 Å². The zero-order valence-corrected chi connectivity index (χ0v) is 14.6. The van der Waals surface area contributed by atoms with E-state index >= 15 is 0 Å². The van der Waals surface area contributed by atoms with Crippen molar-refractivity contribution in [3.05, 3.63) is 22.9 Å². The predicted molar refractivity (Wildman–Crippen MR) is 88.8 cm³/mol. The lowest BCUT2D eigenvalue weighted by Crippen LogP contribution is -2.10. The first-order valence-electron chi connectivity index (χ1n) is 7.02. The molecule has 0 fully saturated rings. The molecule has 0 aliphatic rings. The van der Waals surface area contributed by atoms with Crippen LogP contribution in [0.15, 0.2) is 12.3 Å². The highest BCUT2D eigenvalue weighted by Gasteiger charge is 2.19. The topological polar surface area (TPSA) is 55.4 Å². The molecule has 1 aromatic carbocycles. The summed E-state index contributed by atoms with van der Waals surface area (Å²) < 4.78 is 31.8. The van der Waals surface area contributed by atoms with Crippen molar-refractivity contribution >= 4 is 17.7 Å². The van der Waals surface area contributed by atoms with Crippen LogP contribution in [0, 0.1) is 0 Å². The molecule has 0 spiro atoms. The fraction of sp³-hybridized carbons (Fsp3) is 0.500. The standard InChI is InChI=1S/C16H23ClO6/c1-18-6-5-12-11-13(22-9-7-19-2)15(23-10-8-20-3)16(21-4)14(12)17/h5-6,11H,7-10H2,1-4H3. The number of ether oxygens (including phenoxy) is 6. The van der Waals surface area contributed by atoms with Gasteiger partial charge in [-0.25, -0.2) is 0 Å². The minimum absolute atomic E-state index is 0.344. The summed E-state index contributed by atoms with van der Waals surface area (Å²) in [7, 11) is 6.28. The Morgan fingerprint density at radius 3 is 2.13 bits per heavy atom. The van der Waals surface area contributed by atoms with Crippen LogP contribution in [0.4, 0.5) is 0 Å². The highest BCUT2D eigenvalue weighted by molar-refractivity contribution is 6.34. The van der Waals surface area contributed by atoms with Crippen LogP contribution in [0.25, 0.3) is 6.08 Å². The van der Waals surface area contributed by atoms with Gasteiger partial charge in [0.05, 0.1) is 38.7 Å². The molecule has 130 valence electrons. The van der Waals surface area contributed by atoms with Crippen LogP contribution in [-0.2, 0) is 14.2 Å². The summed E-state index contributed by atoms with van der Waals surface area (Å²) in [6.07, 6.45) is 3.23. The molecule has 0 unspecified atom stereocenters. The first-order valence-corrected chi connectivity index (χ1v) is 7.40. The van der Waals surface area contributed by atoms with Crippen molar-refractivity contribution in [3.8, 4) is 17.2 Å². The molecule has 0 bridgehead atoms. The number of benzene rings is 1. The number of halogens is 1. The van der Waals surface area contributed by atoms with Crippen molar-refractivity contribution in [2.75, 3.05) is 54.9 Å². The van der Waals surface area contributed by atoms with Crippen LogP contribution in [0.5, 0.6) is 17.2 Å². The summed E-state index contributed by atoms with van der Waals surface area (Å²) in [5, 5.41) is 0.410. The first-order chi connectivity index (χ1) is 11.2. The van der Waals surface area contributed by atoms with E-state index in [1.165, 1.54) is 13.4 Å². The van der Waals surface area contributed by atoms with Crippen molar-refractivity contribution in [2.24, 2.45) is 0 Å². The lowest BCUT2D eigenvalue weighted by molar-refractivity contribution is 0.130. The molecule has 0 aliphatic heterocycles. The van der Waals surface area contributed by atoms with Crippen molar-refractivity contribution in [2.45, 2.75) is 0 Å². The van der Waals surface area contributed by atoms with Crippen LogP contribution in [0.1, 0.15) is 5.56 Å². The van der Waals surface area contributed by atoms with Gasteiger partial charge in [0.25, 0.3) is 0 Å². The zero-order valence-electron chi connectivity index (χ0n) is 13.9. The molecule has 1 rings (SSSR count). The Morgan fingerprint density at radius 1 is 0.913 bits per heavy atom. The minimum Gasteiger partial charge on any atom is -0.504 e. The molecule has 0 saturated carbocycles. The summed E-state index contributed by atoms with van der Waals surface area (Å²) in [6, 6.07) is 1.76. The average Bonchev–Trinajstić information content (AvgIpc) is 2.56. The molecule has 0 aromatic heterocycles. The van der Waals surface area contributed by atoms with E-state index in [1.54, 1.807) is 33.5 Å². The molecule has 0 atom stereocenters. The molecule has 0 aliphatic carbocycles. The lowest BCUT2D eigenvalue weighted by Gasteiger charge is -2.18.